The Morgan fingerprint density at radius 3 is 2.79 bits per heavy atom. The fourth-order valence-electron chi connectivity index (χ4n) is 1.03. The summed E-state index contributed by atoms with van der Waals surface area (Å²) in [7, 11) is 0. The van der Waals surface area contributed by atoms with Crippen LogP contribution in [-0.4, -0.2) is 26.0 Å². The van der Waals surface area contributed by atoms with Gasteiger partial charge in [-0.3, -0.25) is 0 Å². The molecule has 0 saturated carbocycles. The standard InChI is InChI=1S/C8H7N3O2S/c1-4-9-3-6(14-4)7-10-2-5(11-7)8(12)13/h2-3H,1H3,(H,10,11)(H,12,13). The maximum Gasteiger partial charge on any atom is 0.353 e. The van der Waals surface area contributed by atoms with Crippen molar-refractivity contribution < 1.29 is 9.90 Å². The van der Waals surface area contributed by atoms with Crippen LogP contribution in [0.4, 0.5) is 0 Å². The summed E-state index contributed by atoms with van der Waals surface area (Å²) in [6.45, 7) is 1.88. The number of thiazole rings is 1. The van der Waals surface area contributed by atoms with E-state index in [1.807, 2.05) is 6.92 Å². The Morgan fingerprint density at radius 2 is 2.29 bits per heavy atom. The maximum atomic E-state index is 10.6. The number of carboxylic acid groups (broad SMARTS) is 1. The lowest BCUT2D eigenvalue weighted by Gasteiger charge is -1.87. The van der Waals surface area contributed by atoms with Crippen molar-refractivity contribution in [1.29, 1.82) is 0 Å². The number of hydrogen-bond donors (Lipinski definition) is 2. The molecule has 2 N–H and O–H groups in total. The van der Waals surface area contributed by atoms with E-state index in [-0.39, 0.29) is 5.69 Å². The van der Waals surface area contributed by atoms with Gasteiger partial charge in [0.1, 0.15) is 11.5 Å². The predicted molar refractivity (Wildman–Crippen MR) is 51.4 cm³/mol. The van der Waals surface area contributed by atoms with Crippen molar-refractivity contribution in [3.05, 3.63) is 23.1 Å². The van der Waals surface area contributed by atoms with Crippen LogP contribution in [0.3, 0.4) is 0 Å². The average Bonchev–Trinajstić information content (AvgIpc) is 2.70. The molecule has 0 fully saturated rings. The second-order valence-electron chi connectivity index (χ2n) is 2.69. The number of carbonyl (C=O) groups is 1. The van der Waals surface area contributed by atoms with Crippen molar-refractivity contribution in [2.45, 2.75) is 6.92 Å². The molecule has 5 nitrogen and oxygen atoms in total. The lowest BCUT2D eigenvalue weighted by atomic mass is 10.5. The van der Waals surface area contributed by atoms with E-state index in [1.165, 1.54) is 17.5 Å². The van der Waals surface area contributed by atoms with Gasteiger partial charge < -0.3 is 10.1 Å². The number of H-pyrrole nitrogens is 1. The molecule has 0 unspecified atom stereocenters. The van der Waals surface area contributed by atoms with E-state index in [0.29, 0.717) is 5.82 Å². The molecule has 72 valence electrons. The highest BCUT2D eigenvalue weighted by molar-refractivity contribution is 7.14. The molecule has 0 aromatic carbocycles. The number of rotatable bonds is 2. The van der Waals surface area contributed by atoms with Crippen LogP contribution in [0.15, 0.2) is 12.4 Å². The molecule has 0 saturated heterocycles. The summed E-state index contributed by atoms with van der Waals surface area (Å²) in [5, 5.41) is 9.59. The zero-order valence-corrected chi connectivity index (χ0v) is 8.13. The number of carboxylic acids is 1. The topological polar surface area (TPSA) is 78.9 Å². The molecular weight excluding hydrogens is 202 g/mol. The molecule has 0 radical (unpaired) electrons. The highest BCUT2D eigenvalue weighted by Crippen LogP contribution is 2.22. The van der Waals surface area contributed by atoms with Gasteiger partial charge in [-0.15, -0.1) is 11.3 Å². The Morgan fingerprint density at radius 1 is 1.50 bits per heavy atom. The first kappa shape index (κ1) is 8.89. The van der Waals surface area contributed by atoms with Crippen molar-refractivity contribution in [2.24, 2.45) is 0 Å². The van der Waals surface area contributed by atoms with Gasteiger partial charge in [0.25, 0.3) is 0 Å². The Hall–Kier alpha value is -1.69. The molecule has 0 atom stereocenters. The van der Waals surface area contributed by atoms with Crippen LogP contribution in [0, 0.1) is 6.92 Å². The molecule has 2 rings (SSSR count). The smallest absolute Gasteiger partial charge is 0.353 e. The largest absolute Gasteiger partial charge is 0.477 e. The van der Waals surface area contributed by atoms with E-state index in [0.717, 1.165) is 9.88 Å². The first-order valence-electron chi connectivity index (χ1n) is 3.88. The summed E-state index contributed by atoms with van der Waals surface area (Å²) in [4.78, 5) is 22.1. The lowest BCUT2D eigenvalue weighted by molar-refractivity contribution is 0.0691. The molecule has 6 heteroatoms. The third-order valence-electron chi connectivity index (χ3n) is 1.66. The molecule has 2 aromatic heterocycles. The first-order chi connectivity index (χ1) is 6.66. The third-order valence-corrected chi connectivity index (χ3v) is 2.58. The number of imidazole rings is 1. The Bertz CT molecular complexity index is 474. The van der Waals surface area contributed by atoms with Gasteiger partial charge >= 0.3 is 5.97 Å². The van der Waals surface area contributed by atoms with E-state index < -0.39 is 5.97 Å². The minimum Gasteiger partial charge on any atom is -0.477 e. The van der Waals surface area contributed by atoms with E-state index in [4.69, 9.17) is 5.11 Å². The Labute approximate surface area is 83.5 Å². The zero-order valence-electron chi connectivity index (χ0n) is 7.31. The molecule has 2 heterocycles. The predicted octanol–water partition coefficient (Wildman–Crippen LogP) is 1.54. The van der Waals surface area contributed by atoms with Crippen molar-refractivity contribution >= 4 is 17.3 Å². The summed E-state index contributed by atoms with van der Waals surface area (Å²) < 4.78 is 0. The fraction of sp³-hybridized carbons (Fsp3) is 0.125. The highest BCUT2D eigenvalue weighted by atomic mass is 32.1. The second kappa shape index (κ2) is 3.22. The maximum absolute atomic E-state index is 10.6. The Kier molecular flexibility index (Phi) is 2.05. The number of nitrogens with one attached hydrogen (secondary N) is 1. The monoisotopic (exact) mass is 209 g/mol. The molecule has 14 heavy (non-hydrogen) atoms. The van der Waals surface area contributed by atoms with Gasteiger partial charge in [-0.1, -0.05) is 0 Å². The lowest BCUT2D eigenvalue weighted by Crippen LogP contribution is -1.95. The van der Waals surface area contributed by atoms with Gasteiger partial charge in [-0.25, -0.2) is 14.8 Å². The number of aromatic amines is 1. The molecular formula is C8H7N3O2S. The number of hydrogen-bond acceptors (Lipinski definition) is 4. The molecule has 2 aromatic rings. The number of aromatic carboxylic acids is 1. The van der Waals surface area contributed by atoms with Crippen LogP contribution in [0.1, 0.15) is 15.5 Å². The number of aryl methyl sites for hydroxylation is 1. The van der Waals surface area contributed by atoms with Gasteiger partial charge in [0.05, 0.1) is 16.1 Å². The van der Waals surface area contributed by atoms with Crippen molar-refractivity contribution in [2.75, 3.05) is 0 Å². The van der Waals surface area contributed by atoms with E-state index in [2.05, 4.69) is 15.0 Å². The van der Waals surface area contributed by atoms with Crippen molar-refractivity contribution in [3.8, 4) is 10.7 Å². The zero-order chi connectivity index (χ0) is 10.1. The molecule has 0 aliphatic rings. The summed E-state index contributed by atoms with van der Waals surface area (Å²) in [5.41, 5.74) is 0.0889. The van der Waals surface area contributed by atoms with Crippen molar-refractivity contribution in [3.63, 3.8) is 0 Å². The first-order valence-corrected chi connectivity index (χ1v) is 4.69. The quantitative estimate of drug-likeness (QED) is 0.786. The van der Waals surface area contributed by atoms with E-state index >= 15 is 0 Å². The minimum atomic E-state index is -1.01. The van der Waals surface area contributed by atoms with Crippen LogP contribution in [0.5, 0.6) is 0 Å². The minimum absolute atomic E-state index is 0.0889. The van der Waals surface area contributed by atoms with Crippen LogP contribution in [0.2, 0.25) is 0 Å². The summed E-state index contributed by atoms with van der Waals surface area (Å²) in [5.74, 6) is -0.460. The Balaban J connectivity index is 2.38. The summed E-state index contributed by atoms with van der Waals surface area (Å²) in [6.07, 6.45) is 2.97. The second-order valence-corrected chi connectivity index (χ2v) is 3.93. The molecule has 0 aliphatic heterocycles. The van der Waals surface area contributed by atoms with E-state index in [9.17, 15) is 4.79 Å². The van der Waals surface area contributed by atoms with Crippen LogP contribution in [0.25, 0.3) is 10.7 Å². The van der Waals surface area contributed by atoms with Gasteiger partial charge in [-0.2, -0.15) is 0 Å². The van der Waals surface area contributed by atoms with Gasteiger partial charge in [0.2, 0.25) is 0 Å². The van der Waals surface area contributed by atoms with E-state index in [1.54, 1.807) is 6.20 Å². The summed E-state index contributed by atoms with van der Waals surface area (Å²) in [6, 6.07) is 0. The summed E-state index contributed by atoms with van der Waals surface area (Å²) >= 11 is 1.47. The van der Waals surface area contributed by atoms with Gasteiger partial charge in [0.15, 0.2) is 0 Å². The molecule has 0 spiro atoms. The van der Waals surface area contributed by atoms with Crippen molar-refractivity contribution in [1.82, 2.24) is 15.0 Å². The van der Waals surface area contributed by atoms with Gasteiger partial charge in [0, 0.05) is 6.20 Å². The SMILES string of the molecule is Cc1ncc(-c2ncc(C(=O)O)[nH]2)s1. The van der Waals surface area contributed by atoms with Crippen LogP contribution >= 0.6 is 11.3 Å². The van der Waals surface area contributed by atoms with Crippen LogP contribution < -0.4 is 0 Å². The molecule has 0 amide bonds. The third kappa shape index (κ3) is 1.51. The normalized spacial score (nSPS) is 10.4. The molecule has 0 aliphatic carbocycles. The average molecular weight is 209 g/mol. The molecule has 0 bridgehead atoms. The fourth-order valence-corrected chi connectivity index (χ4v) is 1.76. The van der Waals surface area contributed by atoms with Gasteiger partial charge in [-0.05, 0) is 6.92 Å². The van der Waals surface area contributed by atoms with Crippen LogP contribution in [-0.2, 0) is 0 Å². The number of nitrogens with zero attached hydrogens (tertiary/aromatic N) is 2. The highest BCUT2D eigenvalue weighted by Gasteiger charge is 2.10. The number of aromatic nitrogens is 3.